The number of aryl methyl sites for hydroxylation is 1. The number of hydrogen-bond donors (Lipinski definition) is 3. The molecule has 1 atom stereocenters. The molecule has 2 heterocycles. The first-order valence-electron chi connectivity index (χ1n) is 11.0. The minimum absolute atomic E-state index is 0.0405. The molecule has 2 aromatic carbocycles. The Hall–Kier alpha value is -3.85. The number of hydrogen-bond acceptors (Lipinski definition) is 6. The molecular weight excluding hydrogens is 473 g/mol. The molecule has 4 aromatic rings. The fourth-order valence-corrected chi connectivity index (χ4v) is 4.21. The summed E-state index contributed by atoms with van der Waals surface area (Å²) >= 11 is 6.27. The minimum atomic E-state index is -0.927. The molecule has 0 unspecified atom stereocenters. The predicted molar refractivity (Wildman–Crippen MR) is 133 cm³/mol. The molecule has 0 aliphatic heterocycles. The molecule has 0 aliphatic carbocycles. The number of amides is 1. The van der Waals surface area contributed by atoms with Gasteiger partial charge in [-0.2, -0.15) is 0 Å². The molecule has 1 amide bonds. The van der Waals surface area contributed by atoms with Crippen molar-refractivity contribution in [2.75, 3.05) is 11.1 Å². The Morgan fingerprint density at radius 3 is 2.69 bits per heavy atom. The number of nitrogen functional groups attached to an aromatic ring is 1. The molecule has 0 saturated carbocycles. The van der Waals surface area contributed by atoms with E-state index in [9.17, 15) is 9.90 Å². The van der Waals surface area contributed by atoms with Gasteiger partial charge in [-0.3, -0.25) is 9.20 Å². The Kier molecular flexibility index (Phi) is 6.53. The lowest BCUT2D eigenvalue weighted by atomic mass is 9.95. The second-order valence-electron chi connectivity index (χ2n) is 8.41. The number of aromatic hydroxyl groups is 1. The molecule has 4 rings (SSSR count). The zero-order valence-corrected chi connectivity index (χ0v) is 20.4. The van der Waals surface area contributed by atoms with Crippen LogP contribution in [0, 0.1) is 12.7 Å². The smallest absolute Gasteiger partial charge is 0.262 e. The van der Waals surface area contributed by atoms with E-state index in [2.05, 4.69) is 15.3 Å². The number of benzene rings is 2. The lowest BCUT2D eigenvalue weighted by Crippen LogP contribution is -2.20. The van der Waals surface area contributed by atoms with E-state index in [0.717, 1.165) is 0 Å². The van der Waals surface area contributed by atoms with Crippen molar-refractivity contribution < 1.29 is 19.0 Å². The first-order chi connectivity index (χ1) is 16.6. The number of fused-ring (bicyclic) bond motifs is 1. The van der Waals surface area contributed by atoms with Crippen molar-refractivity contribution in [3.63, 3.8) is 0 Å². The van der Waals surface area contributed by atoms with E-state index in [1.54, 1.807) is 42.8 Å². The number of ether oxygens (including phenoxy) is 1. The maximum Gasteiger partial charge on any atom is 0.262 e. The van der Waals surface area contributed by atoms with Crippen molar-refractivity contribution in [1.29, 1.82) is 0 Å². The number of rotatable bonds is 6. The quantitative estimate of drug-likeness (QED) is 0.311. The van der Waals surface area contributed by atoms with E-state index in [0.29, 0.717) is 28.4 Å². The number of nitrogens with one attached hydrogen (secondary N) is 1. The summed E-state index contributed by atoms with van der Waals surface area (Å²) in [5.41, 5.74) is 7.62. The van der Waals surface area contributed by atoms with Gasteiger partial charge < -0.3 is 20.9 Å². The molecule has 4 N–H and O–H groups in total. The van der Waals surface area contributed by atoms with Gasteiger partial charge in [-0.15, -0.1) is 0 Å². The highest BCUT2D eigenvalue weighted by Gasteiger charge is 2.30. The van der Waals surface area contributed by atoms with Crippen molar-refractivity contribution in [2.24, 2.45) is 0 Å². The van der Waals surface area contributed by atoms with Gasteiger partial charge in [-0.25, -0.2) is 14.4 Å². The fourth-order valence-electron chi connectivity index (χ4n) is 3.99. The van der Waals surface area contributed by atoms with Gasteiger partial charge in [-0.1, -0.05) is 30.7 Å². The van der Waals surface area contributed by atoms with Crippen LogP contribution >= 0.6 is 11.6 Å². The molecule has 0 bridgehead atoms. The standard InChI is InChI=1S/C25H25ClFN5O3/c1-12(2)35-22-15(13(3)24-30-14(4)21-23(28)29-9-10-32(21)24)11-16(26)20(27)19(22)25(34)31-17-7-5-6-8-18(17)33/h5-13,33H,1-4H3,(H2,28,29)(H,31,34)/t13-/m0/s1. The number of carbonyl (C=O) groups is 1. The zero-order valence-electron chi connectivity index (χ0n) is 19.6. The molecule has 182 valence electrons. The summed E-state index contributed by atoms with van der Waals surface area (Å²) < 4.78 is 23.1. The third kappa shape index (κ3) is 4.46. The molecule has 10 heteroatoms. The van der Waals surface area contributed by atoms with Crippen molar-refractivity contribution in [1.82, 2.24) is 14.4 Å². The van der Waals surface area contributed by atoms with E-state index in [-0.39, 0.29) is 33.9 Å². The number of nitrogens with two attached hydrogens (primary N) is 1. The molecule has 0 radical (unpaired) electrons. The maximum absolute atomic E-state index is 15.3. The SMILES string of the molecule is Cc1nc([C@@H](C)c2cc(Cl)c(F)c(C(=O)Nc3ccccc3O)c2OC(C)C)n2ccnc(N)c12. The second kappa shape index (κ2) is 9.42. The van der Waals surface area contributed by atoms with E-state index in [4.69, 9.17) is 22.1 Å². The number of phenolic OH excluding ortho intramolecular Hbond substituents is 1. The monoisotopic (exact) mass is 497 g/mol. The third-order valence-electron chi connectivity index (χ3n) is 5.57. The summed E-state index contributed by atoms with van der Waals surface area (Å²) in [5, 5.41) is 12.4. The summed E-state index contributed by atoms with van der Waals surface area (Å²) in [6, 6.07) is 7.60. The Bertz CT molecular complexity index is 1440. The van der Waals surface area contributed by atoms with E-state index in [1.165, 1.54) is 18.2 Å². The summed E-state index contributed by atoms with van der Waals surface area (Å²) in [5.74, 6) is -1.41. The van der Waals surface area contributed by atoms with Gasteiger partial charge in [0.25, 0.3) is 5.91 Å². The average molecular weight is 498 g/mol. The van der Waals surface area contributed by atoms with Crippen LogP contribution in [0.3, 0.4) is 0 Å². The number of phenols is 1. The molecule has 0 aliphatic rings. The van der Waals surface area contributed by atoms with Gasteiger partial charge in [0, 0.05) is 23.9 Å². The van der Waals surface area contributed by atoms with Gasteiger partial charge in [0.2, 0.25) is 0 Å². The van der Waals surface area contributed by atoms with Crippen molar-refractivity contribution in [3.05, 3.63) is 76.2 Å². The highest BCUT2D eigenvalue weighted by atomic mass is 35.5. The second-order valence-corrected chi connectivity index (χ2v) is 8.82. The van der Waals surface area contributed by atoms with Gasteiger partial charge in [0.15, 0.2) is 5.82 Å². The summed E-state index contributed by atoms with van der Waals surface area (Å²) in [4.78, 5) is 22.1. The summed E-state index contributed by atoms with van der Waals surface area (Å²) in [7, 11) is 0. The summed E-state index contributed by atoms with van der Waals surface area (Å²) in [6.45, 7) is 7.21. The highest BCUT2D eigenvalue weighted by molar-refractivity contribution is 6.31. The van der Waals surface area contributed by atoms with Crippen LogP contribution < -0.4 is 15.8 Å². The van der Waals surface area contributed by atoms with Crippen LogP contribution in [0.5, 0.6) is 11.5 Å². The van der Waals surface area contributed by atoms with Crippen LogP contribution in [0.2, 0.25) is 5.02 Å². The third-order valence-corrected chi connectivity index (χ3v) is 5.85. The van der Waals surface area contributed by atoms with Crippen molar-refractivity contribution in [2.45, 2.75) is 39.7 Å². The van der Waals surface area contributed by atoms with Crippen molar-refractivity contribution >= 4 is 34.5 Å². The normalized spacial score (nSPS) is 12.2. The van der Waals surface area contributed by atoms with Crippen LogP contribution in [-0.4, -0.2) is 31.5 Å². The Labute approximate surface area is 206 Å². The fraction of sp³-hybridized carbons (Fsp3) is 0.240. The predicted octanol–water partition coefficient (Wildman–Crippen LogP) is 5.31. The molecule has 2 aromatic heterocycles. The number of aromatic nitrogens is 3. The topological polar surface area (TPSA) is 115 Å². The van der Waals surface area contributed by atoms with Gasteiger partial charge in [0.1, 0.15) is 34.2 Å². The molecule has 8 nitrogen and oxygen atoms in total. The van der Waals surface area contributed by atoms with Crippen molar-refractivity contribution in [3.8, 4) is 11.5 Å². The van der Waals surface area contributed by atoms with Crippen LogP contribution in [0.15, 0.2) is 42.7 Å². The zero-order chi connectivity index (χ0) is 25.4. The van der Waals surface area contributed by atoms with Gasteiger partial charge in [-0.05, 0) is 39.0 Å². The number of carbonyl (C=O) groups excluding carboxylic acids is 1. The number of imidazole rings is 1. The molecule has 35 heavy (non-hydrogen) atoms. The van der Waals surface area contributed by atoms with E-state index in [1.807, 2.05) is 13.8 Å². The lowest BCUT2D eigenvalue weighted by Gasteiger charge is -2.22. The molecule has 0 saturated heterocycles. The van der Waals surface area contributed by atoms with Gasteiger partial charge >= 0.3 is 0 Å². The van der Waals surface area contributed by atoms with Crippen LogP contribution in [0.25, 0.3) is 5.52 Å². The number of para-hydroxylation sites is 2. The molecule has 0 spiro atoms. The maximum atomic E-state index is 15.3. The molecular formula is C25H25ClFN5O3. The number of halogens is 2. The summed E-state index contributed by atoms with van der Waals surface area (Å²) in [6.07, 6.45) is 2.92. The lowest BCUT2D eigenvalue weighted by molar-refractivity contribution is 0.101. The average Bonchev–Trinajstić information content (AvgIpc) is 3.14. The first kappa shape index (κ1) is 24.3. The highest BCUT2D eigenvalue weighted by Crippen LogP contribution is 2.40. The first-order valence-corrected chi connectivity index (χ1v) is 11.3. The van der Waals surface area contributed by atoms with Crippen LogP contribution in [0.1, 0.15) is 54.1 Å². The molecule has 0 fully saturated rings. The Morgan fingerprint density at radius 2 is 2.00 bits per heavy atom. The van der Waals surface area contributed by atoms with Crippen LogP contribution in [-0.2, 0) is 0 Å². The van der Waals surface area contributed by atoms with Gasteiger partial charge in [0.05, 0.1) is 22.5 Å². The van der Waals surface area contributed by atoms with E-state index < -0.39 is 17.6 Å². The minimum Gasteiger partial charge on any atom is -0.506 e. The Morgan fingerprint density at radius 1 is 1.29 bits per heavy atom. The largest absolute Gasteiger partial charge is 0.506 e. The Balaban J connectivity index is 1.90. The van der Waals surface area contributed by atoms with E-state index >= 15 is 4.39 Å². The number of anilines is 2. The van der Waals surface area contributed by atoms with Crippen LogP contribution in [0.4, 0.5) is 15.9 Å². The number of nitrogens with zero attached hydrogens (tertiary/aromatic N) is 3.